The number of hydrogen-bond donors (Lipinski definition) is 1. The topological polar surface area (TPSA) is 97.3 Å². The molecule has 4 rings (SSSR count). The van der Waals surface area contributed by atoms with E-state index in [0.717, 1.165) is 17.7 Å². The molecule has 0 radical (unpaired) electrons. The number of thioether (sulfide) groups is 1. The van der Waals surface area contributed by atoms with Crippen LogP contribution >= 0.6 is 11.8 Å². The van der Waals surface area contributed by atoms with Gasteiger partial charge in [-0.15, -0.1) is 0 Å². The van der Waals surface area contributed by atoms with Gasteiger partial charge >= 0.3 is 5.97 Å². The molecule has 40 heavy (non-hydrogen) atoms. The summed E-state index contributed by atoms with van der Waals surface area (Å²) in [6.07, 6.45) is 1.58. The summed E-state index contributed by atoms with van der Waals surface area (Å²) in [5, 5.41) is 2.81. The lowest BCUT2D eigenvalue weighted by Gasteiger charge is -2.16. The lowest BCUT2D eigenvalue weighted by Crippen LogP contribution is -2.35. The first-order valence-electron chi connectivity index (χ1n) is 13.4. The van der Waals surface area contributed by atoms with Crippen LogP contribution in [0.15, 0.2) is 83.9 Å². The smallest absolute Gasteiger partial charge is 0.338 e. The van der Waals surface area contributed by atoms with Gasteiger partial charge in [-0.05, 0) is 73.9 Å². The number of nitrogens with one attached hydrogen (secondary N) is 1. The maximum atomic E-state index is 13.4. The lowest BCUT2D eigenvalue weighted by atomic mass is 10.1. The van der Waals surface area contributed by atoms with Crippen molar-refractivity contribution in [2.45, 2.75) is 38.4 Å². The van der Waals surface area contributed by atoms with Gasteiger partial charge < -0.3 is 14.8 Å². The maximum absolute atomic E-state index is 13.4. The minimum absolute atomic E-state index is 0.0141. The van der Waals surface area contributed by atoms with E-state index < -0.39 is 11.2 Å². The minimum Gasteiger partial charge on any atom is -0.494 e. The first-order chi connectivity index (χ1) is 19.5. The van der Waals surface area contributed by atoms with Gasteiger partial charge in [-0.3, -0.25) is 14.5 Å². The van der Waals surface area contributed by atoms with E-state index in [9.17, 15) is 14.4 Å². The van der Waals surface area contributed by atoms with E-state index in [1.54, 1.807) is 48.2 Å². The molecule has 1 saturated heterocycles. The third kappa shape index (κ3) is 7.95. The summed E-state index contributed by atoms with van der Waals surface area (Å²) in [6, 6.07) is 23.8. The first kappa shape index (κ1) is 28.9. The van der Waals surface area contributed by atoms with Crippen molar-refractivity contribution in [2.75, 3.05) is 25.1 Å². The van der Waals surface area contributed by atoms with Gasteiger partial charge in [0.05, 0.1) is 24.5 Å². The van der Waals surface area contributed by atoms with E-state index >= 15 is 0 Å². The summed E-state index contributed by atoms with van der Waals surface area (Å²) >= 11 is 1.28. The van der Waals surface area contributed by atoms with Gasteiger partial charge in [0.1, 0.15) is 11.0 Å². The molecule has 2 amide bonds. The second kappa shape index (κ2) is 14.3. The van der Waals surface area contributed by atoms with Crippen molar-refractivity contribution in [1.82, 2.24) is 4.90 Å². The number of anilines is 1. The van der Waals surface area contributed by atoms with Crippen molar-refractivity contribution in [2.24, 2.45) is 4.99 Å². The molecule has 3 aromatic carbocycles. The largest absolute Gasteiger partial charge is 0.494 e. The third-order valence-electron chi connectivity index (χ3n) is 6.07. The molecule has 8 nitrogen and oxygen atoms in total. The van der Waals surface area contributed by atoms with Gasteiger partial charge in [-0.25, -0.2) is 9.79 Å². The van der Waals surface area contributed by atoms with Crippen LogP contribution in [0.1, 0.15) is 42.6 Å². The number of benzene rings is 3. The van der Waals surface area contributed by atoms with Crippen LogP contribution in [0.3, 0.4) is 0 Å². The van der Waals surface area contributed by atoms with Gasteiger partial charge in [0.2, 0.25) is 11.8 Å². The summed E-state index contributed by atoms with van der Waals surface area (Å²) in [6.45, 7) is 5.16. The zero-order valence-corrected chi connectivity index (χ0v) is 23.5. The predicted octanol–water partition coefficient (Wildman–Crippen LogP) is 5.86. The SMILES string of the molecule is CCCOc1ccc(NC(=O)C[C@@H]2SC(=Nc3ccc(C(=O)OCC)cc3)N(CCc3ccccc3)C2=O)cc1. The van der Waals surface area contributed by atoms with Crippen LogP contribution in [0, 0.1) is 0 Å². The summed E-state index contributed by atoms with van der Waals surface area (Å²) < 4.78 is 10.6. The fraction of sp³-hybridized carbons (Fsp3) is 0.290. The zero-order valence-electron chi connectivity index (χ0n) is 22.7. The number of amidine groups is 1. The number of ether oxygens (including phenoxy) is 2. The number of carbonyl (C=O) groups is 3. The number of esters is 1. The number of rotatable bonds is 12. The zero-order chi connectivity index (χ0) is 28.3. The Kier molecular flexibility index (Phi) is 10.3. The number of amides is 2. The number of carbonyl (C=O) groups excluding carboxylic acids is 3. The molecular weight excluding hydrogens is 526 g/mol. The van der Waals surface area contributed by atoms with Crippen molar-refractivity contribution in [3.05, 3.63) is 90.0 Å². The number of nitrogens with zero attached hydrogens (tertiary/aromatic N) is 2. The standard InChI is InChI=1S/C31H33N3O5S/c1-3-20-39-26-16-14-24(15-17-26)32-28(35)21-27-29(36)34(19-18-22-8-6-5-7-9-22)31(40-27)33-25-12-10-23(11-13-25)30(37)38-4-2/h5-17,27H,3-4,18-21H2,1-2H3,(H,32,35)/t27-/m0/s1. The van der Waals surface area contributed by atoms with Crippen molar-refractivity contribution in [1.29, 1.82) is 0 Å². The van der Waals surface area contributed by atoms with E-state index in [0.29, 0.717) is 48.3 Å². The van der Waals surface area contributed by atoms with E-state index in [2.05, 4.69) is 5.32 Å². The Morgan fingerprint density at radius 3 is 2.38 bits per heavy atom. The highest BCUT2D eigenvalue weighted by molar-refractivity contribution is 8.15. The van der Waals surface area contributed by atoms with Gasteiger partial charge in [-0.2, -0.15) is 0 Å². The van der Waals surface area contributed by atoms with E-state index in [1.165, 1.54) is 11.8 Å². The van der Waals surface area contributed by atoms with Crippen molar-refractivity contribution >= 4 is 46.1 Å². The molecule has 0 unspecified atom stereocenters. The Bertz CT molecular complexity index is 1330. The molecule has 1 atom stereocenters. The Morgan fingerprint density at radius 1 is 0.975 bits per heavy atom. The maximum Gasteiger partial charge on any atom is 0.338 e. The van der Waals surface area contributed by atoms with Crippen LogP contribution in [-0.2, 0) is 20.7 Å². The van der Waals surface area contributed by atoms with Crippen LogP contribution in [0.5, 0.6) is 5.75 Å². The minimum atomic E-state index is -0.597. The van der Waals surface area contributed by atoms with Gasteiger partial charge in [0.25, 0.3) is 0 Å². The van der Waals surface area contributed by atoms with Gasteiger partial charge in [0, 0.05) is 18.7 Å². The van der Waals surface area contributed by atoms with Gasteiger partial charge in [0.15, 0.2) is 5.17 Å². The van der Waals surface area contributed by atoms with Crippen LogP contribution in [-0.4, -0.2) is 52.9 Å². The fourth-order valence-electron chi connectivity index (χ4n) is 4.05. The molecule has 0 aromatic heterocycles. The molecule has 1 fully saturated rings. The molecule has 1 aliphatic heterocycles. The van der Waals surface area contributed by atoms with Crippen molar-refractivity contribution in [3.8, 4) is 5.75 Å². The molecular formula is C31H33N3O5S. The predicted molar refractivity (Wildman–Crippen MR) is 158 cm³/mol. The average molecular weight is 560 g/mol. The highest BCUT2D eigenvalue weighted by atomic mass is 32.2. The van der Waals surface area contributed by atoms with Crippen molar-refractivity contribution in [3.63, 3.8) is 0 Å². The average Bonchev–Trinajstić information content (AvgIpc) is 3.25. The van der Waals surface area contributed by atoms with Crippen LogP contribution < -0.4 is 10.1 Å². The van der Waals surface area contributed by atoms with Crippen LogP contribution in [0.2, 0.25) is 0 Å². The first-order valence-corrected chi connectivity index (χ1v) is 14.2. The Balaban J connectivity index is 1.46. The molecule has 1 aliphatic rings. The van der Waals surface area contributed by atoms with Gasteiger partial charge in [-0.1, -0.05) is 49.0 Å². The van der Waals surface area contributed by atoms with E-state index in [4.69, 9.17) is 14.5 Å². The normalized spacial score (nSPS) is 15.8. The highest BCUT2D eigenvalue weighted by Gasteiger charge is 2.39. The second-order valence-corrected chi connectivity index (χ2v) is 10.3. The molecule has 0 saturated carbocycles. The van der Waals surface area contributed by atoms with E-state index in [1.807, 2.05) is 49.4 Å². The molecule has 208 valence electrons. The molecule has 1 N–H and O–H groups in total. The Hall–Kier alpha value is -4.11. The highest BCUT2D eigenvalue weighted by Crippen LogP contribution is 2.32. The molecule has 0 spiro atoms. The van der Waals surface area contributed by atoms with Crippen LogP contribution in [0.25, 0.3) is 0 Å². The molecule has 3 aromatic rings. The Morgan fingerprint density at radius 2 is 1.70 bits per heavy atom. The molecule has 9 heteroatoms. The summed E-state index contributed by atoms with van der Waals surface area (Å²) in [7, 11) is 0. The molecule has 0 aliphatic carbocycles. The second-order valence-electron chi connectivity index (χ2n) is 9.12. The lowest BCUT2D eigenvalue weighted by molar-refractivity contribution is -0.128. The Labute approximate surface area is 238 Å². The summed E-state index contributed by atoms with van der Waals surface area (Å²) in [5.41, 5.74) is 2.77. The molecule has 1 heterocycles. The number of aliphatic imine (C=N–C) groups is 1. The number of hydrogen-bond acceptors (Lipinski definition) is 7. The van der Waals surface area contributed by atoms with Crippen LogP contribution in [0.4, 0.5) is 11.4 Å². The van der Waals surface area contributed by atoms with E-state index in [-0.39, 0.29) is 18.2 Å². The summed E-state index contributed by atoms with van der Waals surface area (Å²) in [4.78, 5) is 44.7. The quantitative estimate of drug-likeness (QED) is 0.280. The third-order valence-corrected chi connectivity index (χ3v) is 7.25. The fourth-order valence-corrected chi connectivity index (χ4v) is 5.23. The van der Waals surface area contributed by atoms with Crippen molar-refractivity contribution < 1.29 is 23.9 Å². The monoisotopic (exact) mass is 559 g/mol. The molecule has 0 bridgehead atoms. The summed E-state index contributed by atoms with van der Waals surface area (Å²) in [5.74, 6) is -0.0604.